The predicted octanol–water partition coefficient (Wildman–Crippen LogP) is 1.41. The maximum Gasteiger partial charge on any atom is 0.358 e. The number of carbonyl (C=O) groups excluding carboxylic acids is 3. The average molecular weight is 313 g/mol. The largest absolute Gasteiger partial charge is 0.464 e. The molecule has 0 aliphatic rings. The number of ketones is 1. The summed E-state index contributed by atoms with van der Waals surface area (Å²) in [6.07, 6.45) is 0. The number of likely N-dealkylation sites (N-methyl/N-ethyl adjacent to an activating group) is 1. The summed E-state index contributed by atoms with van der Waals surface area (Å²) in [4.78, 5) is 40.9. The number of hydrogen-bond donors (Lipinski definition) is 1. The van der Waals surface area contributed by atoms with Crippen LogP contribution in [0.25, 0.3) is 0 Å². The zero-order chi connectivity index (χ0) is 16.2. The SMILES string of the molecule is CCN(C)C(=O)C(C)Nc1nc(C(=O)OC)c(C(C)=O)s1. The van der Waals surface area contributed by atoms with Gasteiger partial charge in [-0.15, -0.1) is 0 Å². The summed E-state index contributed by atoms with van der Waals surface area (Å²) in [6.45, 7) is 5.51. The number of aromatic nitrogens is 1. The van der Waals surface area contributed by atoms with Crippen molar-refractivity contribution >= 4 is 34.1 Å². The van der Waals surface area contributed by atoms with Gasteiger partial charge < -0.3 is 15.0 Å². The molecule has 1 amide bonds. The second-order valence-corrected chi connectivity index (χ2v) is 5.46. The van der Waals surface area contributed by atoms with Crippen molar-refractivity contribution in [3.05, 3.63) is 10.6 Å². The lowest BCUT2D eigenvalue weighted by Gasteiger charge is -2.20. The second-order valence-electron chi connectivity index (χ2n) is 4.46. The van der Waals surface area contributed by atoms with Gasteiger partial charge in [-0.3, -0.25) is 9.59 Å². The summed E-state index contributed by atoms with van der Waals surface area (Å²) >= 11 is 1.03. The zero-order valence-corrected chi connectivity index (χ0v) is 13.5. The van der Waals surface area contributed by atoms with Crippen LogP contribution in [0.1, 0.15) is 40.9 Å². The third-order valence-corrected chi connectivity index (χ3v) is 3.97. The summed E-state index contributed by atoms with van der Waals surface area (Å²) in [7, 11) is 2.92. The fourth-order valence-corrected chi connectivity index (χ4v) is 2.52. The Balaban J connectivity index is 2.97. The van der Waals surface area contributed by atoms with Crippen LogP contribution in [0.5, 0.6) is 0 Å². The Morgan fingerprint density at radius 2 is 2.05 bits per heavy atom. The number of ether oxygens (including phenoxy) is 1. The highest BCUT2D eigenvalue weighted by molar-refractivity contribution is 7.17. The van der Waals surface area contributed by atoms with Gasteiger partial charge in [0.1, 0.15) is 10.9 Å². The normalized spacial score (nSPS) is 11.7. The maximum atomic E-state index is 12.0. The maximum absolute atomic E-state index is 12.0. The van der Waals surface area contributed by atoms with Crippen LogP contribution in [0.15, 0.2) is 0 Å². The molecule has 0 fully saturated rings. The van der Waals surface area contributed by atoms with Crippen LogP contribution in [0.4, 0.5) is 5.13 Å². The molecular formula is C13H19N3O4S. The standard InChI is InChI=1S/C13H19N3O4S/c1-6-16(4)11(18)7(2)14-13-15-9(12(19)20-5)10(21-13)8(3)17/h7H,6H2,1-5H3,(H,14,15). The molecule has 0 radical (unpaired) electrons. The molecule has 21 heavy (non-hydrogen) atoms. The van der Waals surface area contributed by atoms with Crippen molar-refractivity contribution in [2.75, 3.05) is 26.0 Å². The van der Waals surface area contributed by atoms with Gasteiger partial charge in [-0.1, -0.05) is 11.3 Å². The number of nitrogens with one attached hydrogen (secondary N) is 1. The molecule has 0 saturated carbocycles. The van der Waals surface area contributed by atoms with E-state index in [1.54, 1.807) is 18.9 Å². The Hall–Kier alpha value is -1.96. The van der Waals surface area contributed by atoms with Crippen molar-refractivity contribution in [2.45, 2.75) is 26.8 Å². The van der Waals surface area contributed by atoms with Crippen LogP contribution in [0, 0.1) is 0 Å². The number of carbonyl (C=O) groups is 3. The summed E-state index contributed by atoms with van der Waals surface area (Å²) in [5, 5.41) is 3.25. The Bertz CT molecular complexity index is 556. The lowest BCUT2D eigenvalue weighted by atomic mass is 10.3. The molecule has 0 spiro atoms. The number of methoxy groups -OCH3 is 1. The van der Waals surface area contributed by atoms with Crippen LogP contribution >= 0.6 is 11.3 Å². The first kappa shape index (κ1) is 17.1. The van der Waals surface area contributed by atoms with E-state index in [2.05, 4.69) is 15.0 Å². The molecule has 1 aromatic rings. The molecule has 1 heterocycles. The smallest absolute Gasteiger partial charge is 0.358 e. The van der Waals surface area contributed by atoms with Gasteiger partial charge in [0.25, 0.3) is 0 Å². The van der Waals surface area contributed by atoms with Gasteiger partial charge in [0.05, 0.1) is 7.11 Å². The molecule has 0 aromatic carbocycles. The van der Waals surface area contributed by atoms with E-state index in [1.807, 2.05) is 6.92 Å². The Kier molecular flexibility index (Phi) is 5.83. The fourth-order valence-electron chi connectivity index (χ4n) is 1.59. The highest BCUT2D eigenvalue weighted by atomic mass is 32.1. The lowest BCUT2D eigenvalue weighted by Crippen LogP contribution is -2.38. The highest BCUT2D eigenvalue weighted by Gasteiger charge is 2.24. The van der Waals surface area contributed by atoms with Crippen molar-refractivity contribution in [3.8, 4) is 0 Å². The van der Waals surface area contributed by atoms with Gasteiger partial charge in [-0.2, -0.15) is 0 Å². The number of esters is 1. The van der Waals surface area contributed by atoms with Gasteiger partial charge in [-0.25, -0.2) is 9.78 Å². The molecule has 1 aromatic heterocycles. The molecule has 1 atom stereocenters. The van der Waals surface area contributed by atoms with E-state index in [0.717, 1.165) is 11.3 Å². The first-order valence-corrected chi connectivity index (χ1v) is 7.25. The van der Waals surface area contributed by atoms with E-state index in [9.17, 15) is 14.4 Å². The number of thiazole rings is 1. The van der Waals surface area contributed by atoms with E-state index in [0.29, 0.717) is 11.7 Å². The molecule has 1 N–H and O–H groups in total. The van der Waals surface area contributed by atoms with Crippen molar-refractivity contribution in [1.29, 1.82) is 0 Å². The lowest BCUT2D eigenvalue weighted by molar-refractivity contribution is -0.130. The summed E-state index contributed by atoms with van der Waals surface area (Å²) in [5.41, 5.74) is -0.0269. The van der Waals surface area contributed by atoms with Gasteiger partial charge in [0.2, 0.25) is 5.91 Å². The molecule has 1 rings (SSSR count). The predicted molar refractivity (Wildman–Crippen MR) is 79.9 cm³/mol. The first-order chi connectivity index (χ1) is 9.81. The Labute approximate surface area is 127 Å². The number of rotatable bonds is 6. The minimum absolute atomic E-state index is 0.0269. The molecule has 0 aliphatic carbocycles. The van der Waals surface area contributed by atoms with E-state index >= 15 is 0 Å². The number of amides is 1. The summed E-state index contributed by atoms with van der Waals surface area (Å²) in [6, 6.07) is -0.508. The van der Waals surface area contributed by atoms with Gasteiger partial charge in [0, 0.05) is 20.5 Å². The van der Waals surface area contributed by atoms with E-state index < -0.39 is 12.0 Å². The molecule has 0 aliphatic heterocycles. The quantitative estimate of drug-likeness (QED) is 0.631. The Morgan fingerprint density at radius 3 is 2.52 bits per heavy atom. The monoisotopic (exact) mass is 313 g/mol. The van der Waals surface area contributed by atoms with Crippen molar-refractivity contribution in [2.24, 2.45) is 0 Å². The van der Waals surface area contributed by atoms with E-state index in [-0.39, 0.29) is 22.3 Å². The second kappa shape index (κ2) is 7.16. The molecular weight excluding hydrogens is 294 g/mol. The molecule has 1 unspecified atom stereocenters. The molecule has 116 valence electrons. The highest BCUT2D eigenvalue weighted by Crippen LogP contribution is 2.25. The number of anilines is 1. The summed E-state index contributed by atoms with van der Waals surface area (Å²) in [5.74, 6) is -1.04. The van der Waals surface area contributed by atoms with Crippen LogP contribution < -0.4 is 5.32 Å². The zero-order valence-electron chi connectivity index (χ0n) is 12.7. The number of nitrogens with zero attached hydrogens (tertiary/aromatic N) is 2. The van der Waals surface area contributed by atoms with Gasteiger partial charge in [0.15, 0.2) is 16.6 Å². The Morgan fingerprint density at radius 1 is 1.43 bits per heavy atom. The number of Topliss-reactive ketones (excluding diaryl/α,β-unsaturated/α-hetero) is 1. The minimum atomic E-state index is -0.672. The summed E-state index contributed by atoms with van der Waals surface area (Å²) < 4.78 is 4.60. The molecule has 8 heteroatoms. The van der Waals surface area contributed by atoms with Crippen molar-refractivity contribution < 1.29 is 19.1 Å². The number of hydrogen-bond acceptors (Lipinski definition) is 7. The van der Waals surface area contributed by atoms with Crippen molar-refractivity contribution in [3.63, 3.8) is 0 Å². The van der Waals surface area contributed by atoms with E-state index in [1.165, 1.54) is 14.0 Å². The van der Waals surface area contributed by atoms with Gasteiger partial charge >= 0.3 is 5.97 Å². The van der Waals surface area contributed by atoms with Gasteiger partial charge in [-0.05, 0) is 13.8 Å². The third kappa shape index (κ3) is 4.01. The third-order valence-electron chi connectivity index (χ3n) is 2.89. The molecule has 0 saturated heterocycles. The van der Waals surface area contributed by atoms with Crippen LogP contribution in [-0.2, 0) is 9.53 Å². The molecule has 0 bridgehead atoms. The fraction of sp³-hybridized carbons (Fsp3) is 0.538. The van der Waals surface area contributed by atoms with Crippen molar-refractivity contribution in [1.82, 2.24) is 9.88 Å². The molecule has 7 nitrogen and oxygen atoms in total. The topological polar surface area (TPSA) is 88.6 Å². The van der Waals surface area contributed by atoms with Crippen LogP contribution in [-0.4, -0.2) is 54.3 Å². The van der Waals surface area contributed by atoms with Crippen LogP contribution in [0.2, 0.25) is 0 Å². The van der Waals surface area contributed by atoms with Crippen LogP contribution in [0.3, 0.4) is 0 Å². The minimum Gasteiger partial charge on any atom is -0.464 e. The average Bonchev–Trinajstić information content (AvgIpc) is 2.88. The van der Waals surface area contributed by atoms with E-state index in [4.69, 9.17) is 0 Å². The first-order valence-electron chi connectivity index (χ1n) is 6.43.